The highest BCUT2D eigenvalue weighted by Gasteiger charge is 2.36. The van der Waals surface area contributed by atoms with Gasteiger partial charge < -0.3 is 9.64 Å². The van der Waals surface area contributed by atoms with Gasteiger partial charge in [-0.05, 0) is 89.6 Å². The fourth-order valence-corrected chi connectivity index (χ4v) is 4.22. The molecule has 2 unspecified atom stereocenters. The molecule has 2 fully saturated rings. The van der Waals surface area contributed by atoms with Gasteiger partial charge in [-0.3, -0.25) is 4.79 Å². The third-order valence-corrected chi connectivity index (χ3v) is 5.53. The predicted octanol–water partition coefficient (Wildman–Crippen LogP) is 4.52. The molecule has 0 aromatic heterocycles. The summed E-state index contributed by atoms with van der Waals surface area (Å²) in [5.41, 5.74) is 0.849. The third-order valence-electron chi connectivity index (χ3n) is 5.53. The first-order valence-corrected chi connectivity index (χ1v) is 9.54. The molecule has 0 spiro atoms. The summed E-state index contributed by atoms with van der Waals surface area (Å²) in [5.74, 6) is 0.385. The van der Waals surface area contributed by atoms with Crippen LogP contribution in [0.4, 0.5) is 4.39 Å². The van der Waals surface area contributed by atoms with Crippen molar-refractivity contribution in [2.45, 2.75) is 70.4 Å². The quantitative estimate of drug-likeness (QED) is 0.753. The number of esters is 1. The summed E-state index contributed by atoms with van der Waals surface area (Å²) in [7, 11) is 0. The molecule has 2 atom stereocenters. The van der Waals surface area contributed by atoms with Crippen LogP contribution in [0.3, 0.4) is 0 Å². The fraction of sp³-hybridized carbons (Fsp3) is 0.667. The van der Waals surface area contributed by atoms with Gasteiger partial charge in [0.15, 0.2) is 0 Å². The molecule has 0 N–H and O–H groups in total. The van der Waals surface area contributed by atoms with E-state index in [1.54, 1.807) is 12.1 Å². The minimum atomic E-state index is -0.400. The van der Waals surface area contributed by atoms with E-state index in [1.807, 2.05) is 32.9 Å². The van der Waals surface area contributed by atoms with Gasteiger partial charge in [-0.25, -0.2) is 4.39 Å². The number of rotatable bonds is 3. The summed E-state index contributed by atoms with van der Waals surface area (Å²) in [4.78, 5) is 14.8. The second-order valence-electron chi connectivity index (χ2n) is 8.56. The van der Waals surface area contributed by atoms with Gasteiger partial charge in [0.25, 0.3) is 0 Å². The van der Waals surface area contributed by atoms with Gasteiger partial charge in [-0.15, -0.1) is 0 Å². The van der Waals surface area contributed by atoms with Crippen LogP contribution in [0.25, 0.3) is 0 Å². The summed E-state index contributed by atoms with van der Waals surface area (Å²) in [6.45, 7) is 7.91. The minimum absolute atomic E-state index is 0.0313. The number of carbonyl (C=O) groups is 1. The Labute approximate surface area is 150 Å². The largest absolute Gasteiger partial charge is 0.460 e. The normalized spacial score (nSPS) is 25.9. The number of ether oxygens (including phenoxy) is 1. The van der Waals surface area contributed by atoms with Crippen molar-refractivity contribution in [3.05, 3.63) is 35.6 Å². The first-order chi connectivity index (χ1) is 11.8. The standard InChI is InChI=1S/C21H30FNO2/c1-21(2,3)25-20(24)17-6-9-19(14-17)23-12-10-16(11-13-23)15-4-7-18(22)8-5-15/h4-5,7-8,16-17,19H,6,9-14H2,1-3H3. The molecule has 0 bridgehead atoms. The molecule has 1 heterocycles. The Balaban J connectivity index is 1.49. The Kier molecular flexibility index (Phi) is 5.47. The number of carbonyl (C=O) groups excluding carboxylic acids is 1. The molecule has 1 saturated heterocycles. The molecule has 3 nitrogen and oxygen atoms in total. The highest BCUT2D eigenvalue weighted by Crippen LogP contribution is 2.35. The number of benzene rings is 1. The van der Waals surface area contributed by atoms with Crippen LogP contribution in [0, 0.1) is 11.7 Å². The molecule has 1 aromatic rings. The SMILES string of the molecule is CC(C)(C)OC(=O)C1CCC(N2CCC(c3ccc(F)cc3)CC2)C1. The Morgan fingerprint density at radius 2 is 1.72 bits per heavy atom. The molecule has 138 valence electrons. The number of hydrogen-bond acceptors (Lipinski definition) is 3. The molecule has 0 amide bonds. The van der Waals surface area contributed by atoms with Crippen LogP contribution in [0.15, 0.2) is 24.3 Å². The van der Waals surface area contributed by atoms with Crippen molar-refractivity contribution in [1.82, 2.24) is 4.90 Å². The molecule has 1 saturated carbocycles. The maximum atomic E-state index is 13.1. The highest BCUT2D eigenvalue weighted by atomic mass is 19.1. The summed E-state index contributed by atoms with van der Waals surface area (Å²) >= 11 is 0. The summed E-state index contributed by atoms with van der Waals surface area (Å²) in [6.07, 6.45) is 5.18. The van der Waals surface area contributed by atoms with Crippen molar-refractivity contribution in [2.24, 2.45) is 5.92 Å². The van der Waals surface area contributed by atoms with E-state index in [0.29, 0.717) is 12.0 Å². The number of hydrogen-bond donors (Lipinski definition) is 0. The maximum absolute atomic E-state index is 13.1. The van der Waals surface area contributed by atoms with Crippen LogP contribution in [0.1, 0.15) is 64.4 Å². The van der Waals surface area contributed by atoms with E-state index in [-0.39, 0.29) is 17.7 Å². The predicted molar refractivity (Wildman–Crippen MR) is 96.9 cm³/mol. The lowest BCUT2D eigenvalue weighted by molar-refractivity contribution is -0.159. The summed E-state index contributed by atoms with van der Waals surface area (Å²) in [6, 6.07) is 7.47. The van der Waals surface area contributed by atoms with E-state index in [2.05, 4.69) is 4.90 Å². The second-order valence-corrected chi connectivity index (χ2v) is 8.56. The van der Waals surface area contributed by atoms with Gasteiger partial charge in [0, 0.05) is 6.04 Å². The summed E-state index contributed by atoms with van der Waals surface area (Å²) < 4.78 is 18.6. The third kappa shape index (κ3) is 4.81. The van der Waals surface area contributed by atoms with Crippen molar-refractivity contribution in [1.29, 1.82) is 0 Å². The average molecular weight is 347 g/mol. The van der Waals surface area contributed by atoms with Crippen molar-refractivity contribution in [2.75, 3.05) is 13.1 Å². The Morgan fingerprint density at radius 3 is 2.32 bits per heavy atom. The smallest absolute Gasteiger partial charge is 0.309 e. The molecule has 25 heavy (non-hydrogen) atoms. The highest BCUT2D eigenvalue weighted by molar-refractivity contribution is 5.73. The molecule has 0 radical (unpaired) electrons. The van der Waals surface area contributed by atoms with Crippen LogP contribution >= 0.6 is 0 Å². The maximum Gasteiger partial charge on any atom is 0.309 e. The second kappa shape index (κ2) is 7.45. The number of halogens is 1. The van der Waals surface area contributed by atoms with Crippen molar-refractivity contribution in [3.8, 4) is 0 Å². The minimum Gasteiger partial charge on any atom is -0.460 e. The molecular weight excluding hydrogens is 317 g/mol. The van der Waals surface area contributed by atoms with Gasteiger partial charge in [-0.2, -0.15) is 0 Å². The van der Waals surface area contributed by atoms with E-state index in [4.69, 9.17) is 4.74 Å². The molecule has 2 aliphatic rings. The lowest BCUT2D eigenvalue weighted by atomic mass is 9.88. The van der Waals surface area contributed by atoms with E-state index in [9.17, 15) is 9.18 Å². The van der Waals surface area contributed by atoms with Crippen LogP contribution in [0.2, 0.25) is 0 Å². The number of likely N-dealkylation sites (tertiary alicyclic amines) is 1. The molecule has 1 aliphatic carbocycles. The van der Waals surface area contributed by atoms with Gasteiger partial charge in [0.1, 0.15) is 11.4 Å². The first-order valence-electron chi connectivity index (χ1n) is 9.54. The van der Waals surface area contributed by atoms with E-state index in [1.165, 1.54) is 5.56 Å². The topological polar surface area (TPSA) is 29.5 Å². The van der Waals surface area contributed by atoms with Crippen LogP contribution in [-0.4, -0.2) is 35.6 Å². The van der Waals surface area contributed by atoms with Crippen LogP contribution in [-0.2, 0) is 9.53 Å². The summed E-state index contributed by atoms with van der Waals surface area (Å²) in [5, 5.41) is 0. The lowest BCUT2D eigenvalue weighted by Gasteiger charge is -2.36. The van der Waals surface area contributed by atoms with Crippen molar-refractivity contribution >= 4 is 5.97 Å². The zero-order valence-electron chi connectivity index (χ0n) is 15.6. The van der Waals surface area contributed by atoms with Gasteiger partial charge in [0.05, 0.1) is 5.92 Å². The molecule has 1 aliphatic heterocycles. The Morgan fingerprint density at radius 1 is 1.08 bits per heavy atom. The van der Waals surface area contributed by atoms with Crippen LogP contribution in [0.5, 0.6) is 0 Å². The van der Waals surface area contributed by atoms with Gasteiger partial charge >= 0.3 is 5.97 Å². The Hall–Kier alpha value is -1.42. The van der Waals surface area contributed by atoms with Gasteiger partial charge in [-0.1, -0.05) is 12.1 Å². The first kappa shape index (κ1) is 18.4. The molecule has 3 rings (SSSR count). The van der Waals surface area contributed by atoms with Crippen molar-refractivity contribution in [3.63, 3.8) is 0 Å². The van der Waals surface area contributed by atoms with E-state index in [0.717, 1.165) is 45.2 Å². The fourth-order valence-electron chi connectivity index (χ4n) is 4.22. The number of piperidine rings is 1. The zero-order valence-corrected chi connectivity index (χ0v) is 15.6. The lowest BCUT2D eigenvalue weighted by Crippen LogP contribution is -2.40. The van der Waals surface area contributed by atoms with E-state index < -0.39 is 5.60 Å². The Bertz CT molecular complexity index is 585. The van der Waals surface area contributed by atoms with E-state index >= 15 is 0 Å². The molecule has 4 heteroatoms. The number of nitrogens with zero attached hydrogens (tertiary/aromatic N) is 1. The van der Waals surface area contributed by atoms with Crippen LogP contribution < -0.4 is 0 Å². The zero-order chi connectivity index (χ0) is 18.0. The molecular formula is C21H30FNO2. The van der Waals surface area contributed by atoms with Crippen molar-refractivity contribution < 1.29 is 13.9 Å². The molecule has 1 aromatic carbocycles. The van der Waals surface area contributed by atoms with Gasteiger partial charge in [0.2, 0.25) is 0 Å². The average Bonchev–Trinajstić information content (AvgIpc) is 3.04. The monoisotopic (exact) mass is 347 g/mol.